The molecule has 0 aromatic rings. The zero-order valence-electron chi connectivity index (χ0n) is 14.2. The predicted molar refractivity (Wildman–Crippen MR) is 86.2 cm³/mol. The maximum absolute atomic E-state index is 11.4. The van der Waals surface area contributed by atoms with Crippen molar-refractivity contribution in [1.29, 1.82) is 0 Å². The minimum absolute atomic E-state index is 0.00509. The molecule has 1 amide bonds. The van der Waals surface area contributed by atoms with E-state index in [0.717, 1.165) is 5.57 Å². The SMILES string of the molecule is CC(C)(C)C1=CC(O)(CCC(=O)NN)CC(C(C)(C)C)=C1. The van der Waals surface area contributed by atoms with Gasteiger partial charge in [-0.1, -0.05) is 53.2 Å². The van der Waals surface area contributed by atoms with Gasteiger partial charge >= 0.3 is 0 Å². The third-order valence-corrected chi connectivity index (χ3v) is 4.03. The van der Waals surface area contributed by atoms with Crippen LogP contribution in [0.25, 0.3) is 0 Å². The summed E-state index contributed by atoms with van der Waals surface area (Å²) in [5, 5.41) is 10.9. The molecule has 0 aromatic heterocycles. The quantitative estimate of drug-likeness (QED) is 0.425. The fourth-order valence-electron chi connectivity index (χ4n) is 2.43. The highest BCUT2D eigenvalue weighted by atomic mass is 16.3. The normalized spacial score (nSPS) is 23.4. The Morgan fingerprint density at radius 2 is 1.86 bits per heavy atom. The third kappa shape index (κ3) is 4.97. The molecule has 0 fully saturated rings. The molecule has 21 heavy (non-hydrogen) atoms. The summed E-state index contributed by atoms with van der Waals surface area (Å²) in [5.41, 5.74) is 3.43. The molecule has 1 rings (SSSR count). The van der Waals surface area contributed by atoms with Crippen LogP contribution in [-0.4, -0.2) is 16.6 Å². The van der Waals surface area contributed by atoms with Gasteiger partial charge in [0.15, 0.2) is 0 Å². The predicted octanol–water partition coefficient (Wildman–Crippen LogP) is 2.84. The third-order valence-electron chi connectivity index (χ3n) is 4.03. The number of hydrogen-bond acceptors (Lipinski definition) is 3. The molecule has 0 aromatic carbocycles. The summed E-state index contributed by atoms with van der Waals surface area (Å²) >= 11 is 0. The average Bonchev–Trinajstić information content (AvgIpc) is 2.33. The van der Waals surface area contributed by atoms with Gasteiger partial charge in [-0.3, -0.25) is 10.2 Å². The van der Waals surface area contributed by atoms with Gasteiger partial charge in [-0.2, -0.15) is 0 Å². The fraction of sp³-hybridized carbons (Fsp3) is 0.706. The summed E-state index contributed by atoms with van der Waals surface area (Å²) in [6.45, 7) is 12.8. The highest BCUT2D eigenvalue weighted by Gasteiger charge is 2.35. The van der Waals surface area contributed by atoms with Gasteiger partial charge in [0.25, 0.3) is 0 Å². The Labute approximate surface area is 128 Å². The second-order valence-electron chi connectivity index (χ2n) is 8.12. The summed E-state index contributed by atoms with van der Waals surface area (Å²) in [6.07, 6.45) is 5.29. The molecule has 4 nitrogen and oxygen atoms in total. The molecule has 0 saturated heterocycles. The van der Waals surface area contributed by atoms with Crippen LogP contribution in [0.5, 0.6) is 0 Å². The first kappa shape index (κ1) is 17.9. The molecular formula is C17H30N2O2. The Kier molecular flexibility index (Phi) is 5.06. The highest BCUT2D eigenvalue weighted by molar-refractivity contribution is 5.75. The lowest BCUT2D eigenvalue weighted by molar-refractivity contribution is -0.122. The first-order chi connectivity index (χ1) is 9.37. The molecule has 0 aliphatic heterocycles. The van der Waals surface area contributed by atoms with E-state index in [0.29, 0.717) is 12.8 Å². The molecule has 0 saturated carbocycles. The van der Waals surface area contributed by atoms with Crippen LogP contribution in [0.15, 0.2) is 23.3 Å². The van der Waals surface area contributed by atoms with Crippen molar-refractivity contribution in [3.63, 3.8) is 0 Å². The zero-order valence-corrected chi connectivity index (χ0v) is 14.2. The smallest absolute Gasteiger partial charge is 0.233 e. The number of amides is 1. The van der Waals surface area contributed by atoms with Gasteiger partial charge in [0, 0.05) is 12.8 Å². The second-order valence-corrected chi connectivity index (χ2v) is 8.12. The Bertz CT molecular complexity index is 464. The number of nitrogens with two attached hydrogens (primary N) is 1. The van der Waals surface area contributed by atoms with E-state index >= 15 is 0 Å². The second kappa shape index (κ2) is 5.93. The van der Waals surface area contributed by atoms with Gasteiger partial charge in [0.1, 0.15) is 0 Å². The van der Waals surface area contributed by atoms with E-state index in [-0.39, 0.29) is 23.2 Å². The average molecular weight is 294 g/mol. The first-order valence-electron chi connectivity index (χ1n) is 7.54. The summed E-state index contributed by atoms with van der Waals surface area (Å²) in [7, 11) is 0. The van der Waals surface area contributed by atoms with E-state index in [9.17, 15) is 9.90 Å². The largest absolute Gasteiger partial charge is 0.385 e. The van der Waals surface area contributed by atoms with Crippen molar-refractivity contribution in [2.75, 3.05) is 0 Å². The summed E-state index contributed by atoms with van der Waals surface area (Å²) < 4.78 is 0. The van der Waals surface area contributed by atoms with Crippen LogP contribution < -0.4 is 11.3 Å². The summed E-state index contributed by atoms with van der Waals surface area (Å²) in [4.78, 5) is 11.4. The van der Waals surface area contributed by atoms with Crippen LogP contribution in [0.1, 0.15) is 60.8 Å². The molecule has 0 spiro atoms. The summed E-state index contributed by atoms with van der Waals surface area (Å²) in [5.74, 6) is 4.87. The van der Waals surface area contributed by atoms with Crippen LogP contribution in [0.4, 0.5) is 0 Å². The Hall–Kier alpha value is -1.13. The Morgan fingerprint density at radius 1 is 1.29 bits per heavy atom. The lowest BCUT2D eigenvalue weighted by Crippen LogP contribution is -2.37. The van der Waals surface area contributed by atoms with E-state index in [1.54, 1.807) is 0 Å². The van der Waals surface area contributed by atoms with Crippen molar-refractivity contribution in [2.24, 2.45) is 16.7 Å². The maximum Gasteiger partial charge on any atom is 0.233 e. The van der Waals surface area contributed by atoms with Crippen molar-refractivity contribution >= 4 is 5.91 Å². The van der Waals surface area contributed by atoms with Crippen molar-refractivity contribution in [2.45, 2.75) is 66.4 Å². The van der Waals surface area contributed by atoms with Crippen molar-refractivity contribution in [3.05, 3.63) is 23.3 Å². The van der Waals surface area contributed by atoms with Gasteiger partial charge in [0.2, 0.25) is 5.91 Å². The fourth-order valence-corrected chi connectivity index (χ4v) is 2.43. The topological polar surface area (TPSA) is 75.3 Å². The van der Waals surface area contributed by atoms with Gasteiger partial charge in [-0.25, -0.2) is 5.84 Å². The minimum Gasteiger partial charge on any atom is -0.385 e. The van der Waals surface area contributed by atoms with Gasteiger partial charge in [-0.15, -0.1) is 0 Å². The lowest BCUT2D eigenvalue weighted by Gasteiger charge is -2.38. The van der Waals surface area contributed by atoms with E-state index in [1.165, 1.54) is 5.57 Å². The molecule has 1 unspecified atom stereocenters. The molecule has 1 atom stereocenters. The van der Waals surface area contributed by atoms with Crippen LogP contribution in [0, 0.1) is 10.8 Å². The number of carbonyl (C=O) groups excluding carboxylic acids is 1. The van der Waals surface area contributed by atoms with Crippen LogP contribution in [0.2, 0.25) is 0 Å². The van der Waals surface area contributed by atoms with Crippen LogP contribution in [0.3, 0.4) is 0 Å². The standard InChI is InChI=1S/C17H30N2O2/c1-15(2,3)12-9-13(16(4,5)6)11-17(21,10-12)8-7-14(20)19-18/h9-10,21H,7-8,11,18H2,1-6H3,(H,19,20). The zero-order chi connectivity index (χ0) is 16.5. The highest BCUT2D eigenvalue weighted by Crippen LogP contribution is 2.43. The number of allylic oxidation sites excluding steroid dienone is 2. The van der Waals surface area contributed by atoms with Gasteiger partial charge < -0.3 is 5.11 Å². The minimum atomic E-state index is -0.980. The van der Waals surface area contributed by atoms with Crippen molar-refractivity contribution < 1.29 is 9.90 Å². The Morgan fingerprint density at radius 3 is 2.29 bits per heavy atom. The van der Waals surface area contributed by atoms with Gasteiger partial charge in [-0.05, 0) is 28.9 Å². The Balaban J connectivity index is 3.10. The number of hydrazine groups is 1. The number of carbonyl (C=O) groups is 1. The maximum atomic E-state index is 11.4. The molecule has 1 aliphatic rings. The molecule has 0 radical (unpaired) electrons. The van der Waals surface area contributed by atoms with E-state index in [4.69, 9.17) is 5.84 Å². The number of aliphatic hydroxyl groups is 1. The number of hydrogen-bond donors (Lipinski definition) is 3. The molecule has 0 bridgehead atoms. The molecule has 0 heterocycles. The molecule has 120 valence electrons. The molecule has 4 N–H and O–H groups in total. The lowest BCUT2D eigenvalue weighted by atomic mass is 9.70. The monoisotopic (exact) mass is 294 g/mol. The van der Waals surface area contributed by atoms with E-state index < -0.39 is 5.60 Å². The number of rotatable bonds is 3. The van der Waals surface area contributed by atoms with E-state index in [2.05, 4.69) is 53.0 Å². The number of nitrogens with one attached hydrogen (secondary N) is 1. The van der Waals surface area contributed by atoms with Crippen molar-refractivity contribution in [1.82, 2.24) is 5.43 Å². The first-order valence-corrected chi connectivity index (χ1v) is 7.54. The van der Waals surface area contributed by atoms with Crippen LogP contribution in [-0.2, 0) is 4.79 Å². The molecule has 1 aliphatic carbocycles. The molecular weight excluding hydrogens is 264 g/mol. The van der Waals surface area contributed by atoms with Crippen molar-refractivity contribution in [3.8, 4) is 0 Å². The van der Waals surface area contributed by atoms with Crippen LogP contribution >= 0.6 is 0 Å². The summed E-state index contributed by atoms with van der Waals surface area (Å²) in [6, 6.07) is 0. The van der Waals surface area contributed by atoms with E-state index in [1.807, 2.05) is 6.08 Å². The van der Waals surface area contributed by atoms with Gasteiger partial charge in [0.05, 0.1) is 5.60 Å². The molecule has 4 heteroatoms.